The third kappa shape index (κ3) is 3.29. The Bertz CT molecular complexity index is 1400. The second-order valence-electron chi connectivity index (χ2n) is 6.53. The summed E-state index contributed by atoms with van der Waals surface area (Å²) in [6.45, 7) is 0. The number of aromatic nitrogens is 6. The van der Waals surface area contributed by atoms with Crippen molar-refractivity contribution in [1.29, 1.82) is 0 Å². The van der Waals surface area contributed by atoms with E-state index in [1.54, 1.807) is 6.21 Å². The van der Waals surface area contributed by atoms with Crippen LogP contribution in [0.5, 0.6) is 0 Å². The number of benzene rings is 2. The van der Waals surface area contributed by atoms with E-state index in [9.17, 15) is 4.79 Å². The molecule has 152 valence electrons. The van der Waals surface area contributed by atoms with Crippen molar-refractivity contribution in [2.75, 3.05) is 5.73 Å². The van der Waals surface area contributed by atoms with Crippen LogP contribution in [-0.2, 0) is 0 Å². The van der Waals surface area contributed by atoms with Gasteiger partial charge in [0.05, 0.1) is 6.21 Å². The number of nitrogens with one attached hydrogen (secondary N) is 2. The number of H-pyrrole nitrogens is 1. The number of nitrogen functional groups attached to an aromatic ring is 1. The van der Waals surface area contributed by atoms with Crippen LogP contribution in [0.2, 0.25) is 0 Å². The van der Waals surface area contributed by atoms with E-state index in [0.29, 0.717) is 11.3 Å². The number of nitrogens with zero attached hydrogens (tertiary/aromatic N) is 6. The van der Waals surface area contributed by atoms with E-state index < -0.39 is 5.91 Å². The van der Waals surface area contributed by atoms with Crippen molar-refractivity contribution in [3.8, 4) is 17.1 Å². The first-order valence-electron chi connectivity index (χ1n) is 9.21. The fraction of sp³-hybridized carbons (Fsp3) is 0. The van der Waals surface area contributed by atoms with E-state index in [2.05, 4.69) is 40.8 Å². The fourth-order valence-electron chi connectivity index (χ4n) is 3.19. The fourth-order valence-corrected chi connectivity index (χ4v) is 3.19. The van der Waals surface area contributed by atoms with Crippen molar-refractivity contribution in [2.45, 2.75) is 0 Å². The van der Waals surface area contributed by atoms with Crippen LogP contribution < -0.4 is 11.2 Å². The summed E-state index contributed by atoms with van der Waals surface area (Å²) in [5.74, 6) is -0.393. The molecule has 11 heteroatoms. The standard InChI is InChI=1S/C20H15N9O2/c21-18-19(27-31-26-18)29-17(12-6-2-1-3-7-12)16(24-28-29)20(30)25-23-11-13-10-22-15-9-5-4-8-14(13)15/h1-11,22H,(H2,21,26)(H,25,30). The smallest absolute Gasteiger partial charge is 0.294 e. The van der Waals surface area contributed by atoms with Gasteiger partial charge in [0, 0.05) is 28.2 Å². The minimum Gasteiger partial charge on any atom is -0.378 e. The first-order chi connectivity index (χ1) is 15.2. The van der Waals surface area contributed by atoms with Gasteiger partial charge in [-0.05, 0) is 16.4 Å². The number of rotatable bonds is 5. The molecule has 1 amide bonds. The van der Waals surface area contributed by atoms with Gasteiger partial charge in [0.1, 0.15) is 5.69 Å². The third-order valence-electron chi connectivity index (χ3n) is 4.62. The monoisotopic (exact) mass is 413 g/mol. The van der Waals surface area contributed by atoms with Crippen LogP contribution in [0, 0.1) is 0 Å². The van der Waals surface area contributed by atoms with Gasteiger partial charge in [-0.1, -0.05) is 53.7 Å². The lowest BCUT2D eigenvalue weighted by molar-refractivity contribution is 0.0950. The molecule has 31 heavy (non-hydrogen) atoms. The maximum absolute atomic E-state index is 12.9. The lowest BCUT2D eigenvalue weighted by Crippen LogP contribution is -2.19. The summed E-state index contributed by atoms with van der Waals surface area (Å²) in [6, 6.07) is 16.9. The Balaban J connectivity index is 1.48. The van der Waals surface area contributed by atoms with Crippen molar-refractivity contribution >= 4 is 28.8 Å². The molecule has 4 N–H and O–H groups in total. The predicted molar refractivity (Wildman–Crippen MR) is 112 cm³/mol. The van der Waals surface area contributed by atoms with E-state index in [4.69, 9.17) is 5.73 Å². The van der Waals surface area contributed by atoms with E-state index in [-0.39, 0.29) is 17.3 Å². The first-order valence-corrected chi connectivity index (χ1v) is 9.21. The zero-order chi connectivity index (χ0) is 21.2. The number of fused-ring (bicyclic) bond motifs is 1. The molecular weight excluding hydrogens is 398 g/mol. The molecule has 0 radical (unpaired) electrons. The van der Waals surface area contributed by atoms with Crippen LogP contribution in [0.4, 0.5) is 5.82 Å². The number of hydrazone groups is 1. The normalized spacial score (nSPS) is 11.4. The molecular formula is C20H15N9O2. The number of carbonyl (C=O) groups excluding carboxylic acids is 1. The summed E-state index contributed by atoms with van der Waals surface area (Å²) >= 11 is 0. The van der Waals surface area contributed by atoms with Crippen molar-refractivity contribution in [3.05, 3.63) is 72.1 Å². The van der Waals surface area contributed by atoms with Gasteiger partial charge in [-0.25, -0.2) is 10.1 Å². The lowest BCUT2D eigenvalue weighted by Gasteiger charge is -2.05. The predicted octanol–water partition coefficient (Wildman–Crippen LogP) is 2.14. The van der Waals surface area contributed by atoms with E-state index in [1.165, 1.54) is 4.68 Å². The average Bonchev–Trinajstić information content (AvgIpc) is 3.52. The largest absolute Gasteiger partial charge is 0.378 e. The first kappa shape index (κ1) is 18.2. The van der Waals surface area contributed by atoms with Crippen LogP contribution in [0.15, 0.2) is 70.5 Å². The molecule has 0 fully saturated rings. The third-order valence-corrected chi connectivity index (χ3v) is 4.62. The summed E-state index contributed by atoms with van der Waals surface area (Å²) in [7, 11) is 0. The van der Waals surface area contributed by atoms with E-state index in [0.717, 1.165) is 16.5 Å². The number of amides is 1. The summed E-state index contributed by atoms with van der Waals surface area (Å²) in [4.78, 5) is 16.0. The van der Waals surface area contributed by atoms with Crippen LogP contribution >= 0.6 is 0 Å². The van der Waals surface area contributed by atoms with Crippen molar-refractivity contribution in [1.82, 2.24) is 35.7 Å². The maximum Gasteiger partial charge on any atom is 0.294 e. The summed E-state index contributed by atoms with van der Waals surface area (Å²) in [6.07, 6.45) is 3.37. The molecule has 3 heterocycles. The summed E-state index contributed by atoms with van der Waals surface area (Å²) in [5.41, 5.74) is 11.2. The molecule has 0 aliphatic rings. The molecule has 0 spiro atoms. The van der Waals surface area contributed by atoms with E-state index >= 15 is 0 Å². The Morgan fingerprint density at radius 1 is 1.13 bits per heavy atom. The Morgan fingerprint density at radius 3 is 2.74 bits per heavy atom. The lowest BCUT2D eigenvalue weighted by atomic mass is 10.1. The number of anilines is 1. The molecule has 5 aromatic rings. The zero-order valence-corrected chi connectivity index (χ0v) is 15.9. The summed E-state index contributed by atoms with van der Waals surface area (Å²) < 4.78 is 5.97. The molecule has 2 aromatic carbocycles. The van der Waals surface area contributed by atoms with Gasteiger partial charge in [0.2, 0.25) is 11.6 Å². The van der Waals surface area contributed by atoms with Crippen LogP contribution in [0.1, 0.15) is 16.1 Å². The minimum absolute atomic E-state index is 0.0198. The molecule has 0 unspecified atom stereocenters. The highest BCUT2D eigenvalue weighted by Crippen LogP contribution is 2.26. The van der Waals surface area contributed by atoms with Crippen molar-refractivity contribution in [2.24, 2.45) is 5.10 Å². The number of para-hydroxylation sites is 1. The van der Waals surface area contributed by atoms with Crippen molar-refractivity contribution < 1.29 is 9.42 Å². The highest BCUT2D eigenvalue weighted by Gasteiger charge is 2.24. The Labute approximate surface area is 174 Å². The van der Waals surface area contributed by atoms with Crippen LogP contribution in [-0.4, -0.2) is 42.4 Å². The molecule has 11 nitrogen and oxygen atoms in total. The molecule has 0 saturated carbocycles. The number of hydrogen-bond donors (Lipinski definition) is 3. The number of nitrogens with two attached hydrogens (primary N) is 1. The molecule has 0 saturated heterocycles. The second-order valence-corrected chi connectivity index (χ2v) is 6.53. The Morgan fingerprint density at radius 2 is 1.94 bits per heavy atom. The average molecular weight is 413 g/mol. The Kier molecular flexibility index (Phi) is 4.45. The number of aromatic amines is 1. The Hall–Kier alpha value is -4.80. The zero-order valence-electron chi connectivity index (χ0n) is 15.9. The molecule has 0 bridgehead atoms. The highest BCUT2D eigenvalue weighted by molar-refractivity contribution is 6.01. The minimum atomic E-state index is -0.545. The topological polar surface area (TPSA) is 153 Å². The van der Waals surface area contributed by atoms with Crippen LogP contribution in [0.3, 0.4) is 0 Å². The molecule has 0 atom stereocenters. The molecule has 5 rings (SSSR count). The van der Waals surface area contributed by atoms with Gasteiger partial charge in [0.15, 0.2) is 5.69 Å². The second kappa shape index (κ2) is 7.55. The van der Waals surface area contributed by atoms with Crippen molar-refractivity contribution in [3.63, 3.8) is 0 Å². The maximum atomic E-state index is 12.9. The van der Waals surface area contributed by atoms with Gasteiger partial charge in [-0.3, -0.25) is 4.79 Å². The van der Waals surface area contributed by atoms with Gasteiger partial charge >= 0.3 is 0 Å². The molecule has 0 aliphatic heterocycles. The van der Waals surface area contributed by atoms with Crippen LogP contribution in [0.25, 0.3) is 28.0 Å². The van der Waals surface area contributed by atoms with Gasteiger partial charge < -0.3 is 10.7 Å². The van der Waals surface area contributed by atoms with E-state index in [1.807, 2.05) is 60.8 Å². The van der Waals surface area contributed by atoms with Gasteiger partial charge in [-0.15, -0.1) is 5.10 Å². The SMILES string of the molecule is Nc1nonc1-n1nnc(C(=O)NN=Cc2c[nH]c3ccccc23)c1-c1ccccc1. The van der Waals surface area contributed by atoms with Gasteiger partial charge in [-0.2, -0.15) is 9.78 Å². The quantitative estimate of drug-likeness (QED) is 0.295. The number of hydrogen-bond acceptors (Lipinski definition) is 8. The molecule has 3 aromatic heterocycles. The molecule has 0 aliphatic carbocycles. The number of carbonyl (C=O) groups is 1. The highest BCUT2D eigenvalue weighted by atomic mass is 16.6. The summed E-state index contributed by atoms with van der Waals surface area (Å²) in [5, 5.41) is 20.4. The van der Waals surface area contributed by atoms with Gasteiger partial charge in [0.25, 0.3) is 5.91 Å².